The smallest absolute Gasteiger partial charge is 0.854 e. The fourth-order valence-electron chi connectivity index (χ4n) is 4.61. The van der Waals surface area contributed by atoms with Crippen LogP contribution in [0.1, 0.15) is 155 Å². The third kappa shape index (κ3) is 37.3. The van der Waals surface area contributed by atoms with Crippen LogP contribution < -0.4 is 14.7 Å². The van der Waals surface area contributed by atoms with Gasteiger partial charge in [0.25, 0.3) is 0 Å². The SMILES string of the molecule is C=C[CH2][Ti+3]([CH2]CCCCCCCCCCCC)[CH2]CCCCCCCCCCCC.[O-]P([O-])[O-]. The molecule has 202 valence electrons. The van der Waals surface area contributed by atoms with Crippen molar-refractivity contribution in [3.8, 4) is 0 Å². The quantitative estimate of drug-likeness (QED) is 0.0481. The molecule has 0 spiro atoms. The minimum atomic E-state index is -3.37. The van der Waals surface area contributed by atoms with Crippen LogP contribution in [0, 0.1) is 0 Å². The van der Waals surface area contributed by atoms with Crippen molar-refractivity contribution in [1.29, 1.82) is 0 Å². The molecule has 0 saturated heterocycles. The average molecular weight is 535 g/mol. The molecule has 0 aromatic heterocycles. The average Bonchev–Trinajstić information content (AvgIpc) is 2.80. The van der Waals surface area contributed by atoms with E-state index in [1.54, 1.807) is 9.45 Å². The molecule has 0 rings (SSSR count). The zero-order valence-corrected chi connectivity index (χ0v) is 25.6. The van der Waals surface area contributed by atoms with Crippen LogP contribution in [0.5, 0.6) is 0 Å². The molecule has 0 radical (unpaired) electrons. The van der Waals surface area contributed by atoms with Gasteiger partial charge in [-0.1, -0.05) is 13.8 Å². The normalized spacial score (nSPS) is 10.6. The molecule has 0 aliphatic carbocycles. The van der Waals surface area contributed by atoms with Crippen LogP contribution in [0.3, 0.4) is 0 Å². The summed E-state index contributed by atoms with van der Waals surface area (Å²) in [4.78, 5) is 25.4. The van der Waals surface area contributed by atoms with E-state index >= 15 is 0 Å². The van der Waals surface area contributed by atoms with E-state index in [4.69, 9.17) is 14.7 Å². The molecule has 0 heterocycles. The van der Waals surface area contributed by atoms with Crippen molar-refractivity contribution in [2.75, 3.05) is 0 Å². The summed E-state index contributed by atoms with van der Waals surface area (Å²) >= 11 is -0.801. The summed E-state index contributed by atoms with van der Waals surface area (Å²) in [7, 11) is -3.37. The van der Waals surface area contributed by atoms with E-state index in [-0.39, 0.29) is 0 Å². The summed E-state index contributed by atoms with van der Waals surface area (Å²) in [6.07, 6.45) is 34.7. The molecule has 0 saturated carbocycles. The fraction of sp³-hybridized carbons (Fsp3) is 0.931. The van der Waals surface area contributed by atoms with Crippen molar-refractivity contribution in [2.24, 2.45) is 0 Å². The number of hydrogen-bond donors (Lipinski definition) is 0. The molecular formula is C29H59O3PTi. The zero-order valence-electron chi connectivity index (χ0n) is 23.1. The van der Waals surface area contributed by atoms with Crippen LogP contribution >= 0.6 is 8.60 Å². The number of unbranched alkanes of at least 4 members (excludes halogenated alkanes) is 20. The van der Waals surface area contributed by atoms with Gasteiger partial charge >= 0.3 is 186 Å². The minimum absolute atomic E-state index is 0.801. The molecule has 0 fully saturated rings. The molecule has 0 aromatic rings. The van der Waals surface area contributed by atoms with Gasteiger partial charge in [0.2, 0.25) is 0 Å². The van der Waals surface area contributed by atoms with Gasteiger partial charge in [-0.05, 0) is 0 Å². The third-order valence-electron chi connectivity index (χ3n) is 6.70. The number of allylic oxidation sites excluding steroid dienone is 1. The second-order valence-electron chi connectivity index (χ2n) is 10.0. The predicted octanol–water partition coefficient (Wildman–Crippen LogP) is 8.96. The molecule has 0 N–H and O–H groups in total. The summed E-state index contributed by atoms with van der Waals surface area (Å²) in [6, 6.07) is 0. The van der Waals surface area contributed by atoms with E-state index in [0.29, 0.717) is 0 Å². The molecule has 0 aromatic carbocycles. The molecule has 0 amide bonds. The Labute approximate surface area is 222 Å². The van der Waals surface area contributed by atoms with E-state index in [2.05, 4.69) is 26.5 Å². The molecule has 34 heavy (non-hydrogen) atoms. The van der Waals surface area contributed by atoms with Gasteiger partial charge in [-0.15, -0.1) is 0 Å². The van der Waals surface area contributed by atoms with E-state index in [9.17, 15) is 0 Å². The van der Waals surface area contributed by atoms with Crippen molar-refractivity contribution < 1.29 is 32.6 Å². The van der Waals surface area contributed by atoms with Crippen LogP contribution in [0.2, 0.25) is 14.2 Å². The summed E-state index contributed by atoms with van der Waals surface area (Å²) in [5.41, 5.74) is 0. The Hall–Kier alpha value is 0.764. The molecule has 0 aliphatic heterocycles. The van der Waals surface area contributed by atoms with Gasteiger partial charge in [-0.2, -0.15) is 0 Å². The van der Waals surface area contributed by atoms with Crippen LogP contribution in [0.25, 0.3) is 0 Å². The van der Waals surface area contributed by atoms with Crippen LogP contribution in [-0.4, -0.2) is 0 Å². The summed E-state index contributed by atoms with van der Waals surface area (Å²) < 4.78 is 4.64. The monoisotopic (exact) mass is 534 g/mol. The Morgan fingerprint density at radius 1 is 0.500 bits per heavy atom. The first-order valence-corrected chi connectivity index (χ1v) is 19.2. The second kappa shape index (κ2) is 33.8. The first-order valence-electron chi connectivity index (χ1n) is 14.8. The van der Waals surface area contributed by atoms with Gasteiger partial charge in [0.1, 0.15) is 0 Å². The minimum Gasteiger partial charge on any atom is -0.854 e. The van der Waals surface area contributed by atoms with Crippen molar-refractivity contribution >= 4 is 8.60 Å². The van der Waals surface area contributed by atoms with E-state index < -0.39 is 26.5 Å². The topological polar surface area (TPSA) is 69.2 Å². The number of rotatable bonds is 26. The molecule has 0 atom stereocenters. The molecule has 0 bridgehead atoms. The standard InChI is InChI=1S/2C13H27.C3H5.O3P.Ti/c2*1-3-5-7-9-11-13-12-10-8-6-4-2;1-3-2;1-4(2)3;/h2*1,3-13H2,2H3;3H,1-2H2;;/q;;;-3;+3. The maximum absolute atomic E-state index is 8.48. The van der Waals surface area contributed by atoms with E-state index in [1.165, 1.54) is 146 Å². The van der Waals surface area contributed by atoms with Crippen molar-refractivity contribution in [2.45, 2.75) is 169 Å². The van der Waals surface area contributed by atoms with Gasteiger partial charge in [-0.3, -0.25) is 0 Å². The number of hydrogen-bond acceptors (Lipinski definition) is 3. The van der Waals surface area contributed by atoms with Gasteiger partial charge in [0.05, 0.1) is 0 Å². The Morgan fingerprint density at radius 2 is 0.735 bits per heavy atom. The van der Waals surface area contributed by atoms with E-state index in [1.807, 2.05) is 0 Å². The van der Waals surface area contributed by atoms with Gasteiger partial charge in [0, 0.05) is 0 Å². The molecule has 5 heteroatoms. The van der Waals surface area contributed by atoms with Gasteiger partial charge in [0.15, 0.2) is 0 Å². The van der Waals surface area contributed by atoms with Crippen molar-refractivity contribution in [3.05, 3.63) is 12.7 Å². The third-order valence-corrected chi connectivity index (χ3v) is 11.4. The van der Waals surface area contributed by atoms with Crippen molar-refractivity contribution in [3.63, 3.8) is 0 Å². The van der Waals surface area contributed by atoms with Crippen LogP contribution in [0.15, 0.2) is 12.7 Å². The van der Waals surface area contributed by atoms with Crippen LogP contribution in [0.4, 0.5) is 0 Å². The molecule has 0 aliphatic rings. The molecular weight excluding hydrogens is 475 g/mol. The predicted molar refractivity (Wildman–Crippen MR) is 144 cm³/mol. The Morgan fingerprint density at radius 3 is 0.971 bits per heavy atom. The zero-order chi connectivity index (χ0) is 25.5. The van der Waals surface area contributed by atoms with Gasteiger partial charge < -0.3 is 23.3 Å². The summed E-state index contributed by atoms with van der Waals surface area (Å²) in [5, 5.41) is 0. The fourth-order valence-corrected chi connectivity index (χ4v) is 8.62. The Kier molecular flexibility index (Phi) is 36.7. The van der Waals surface area contributed by atoms with Crippen molar-refractivity contribution in [1.82, 2.24) is 0 Å². The Balaban J connectivity index is 0. The first kappa shape index (κ1) is 36.9. The maximum atomic E-state index is 8.48. The molecule has 0 unspecified atom stereocenters. The van der Waals surface area contributed by atoms with Gasteiger partial charge in [-0.25, -0.2) is 0 Å². The van der Waals surface area contributed by atoms with E-state index in [0.717, 1.165) is 0 Å². The summed E-state index contributed by atoms with van der Waals surface area (Å²) in [5.74, 6) is 0. The van der Waals surface area contributed by atoms with Crippen LogP contribution in [-0.2, 0) is 17.9 Å². The summed E-state index contributed by atoms with van der Waals surface area (Å²) in [6.45, 7) is 8.66. The second-order valence-corrected chi connectivity index (χ2v) is 15.0. The molecule has 3 nitrogen and oxygen atoms in total. The Bertz CT molecular complexity index is 341. The first-order chi connectivity index (χ1) is 16.6.